The minimum Gasteiger partial charge on any atom is -0.492 e. The van der Waals surface area contributed by atoms with Gasteiger partial charge in [0, 0.05) is 13.5 Å². The number of urea groups is 1. The van der Waals surface area contributed by atoms with Crippen molar-refractivity contribution in [1.82, 2.24) is 5.32 Å². The van der Waals surface area contributed by atoms with Crippen molar-refractivity contribution in [2.75, 3.05) is 18.6 Å². The Morgan fingerprint density at radius 3 is 2.61 bits per heavy atom. The first-order valence-corrected chi connectivity index (χ1v) is 7.46. The number of hydrogen-bond acceptors (Lipinski definition) is 3. The Morgan fingerprint density at radius 1 is 1.26 bits per heavy atom. The van der Waals surface area contributed by atoms with Crippen LogP contribution < -0.4 is 15.0 Å². The molecule has 1 N–H and O–H groups in total. The van der Waals surface area contributed by atoms with Gasteiger partial charge in [-0.05, 0) is 23.8 Å². The van der Waals surface area contributed by atoms with E-state index in [1.54, 1.807) is 12.1 Å². The first-order chi connectivity index (χ1) is 11.2. The van der Waals surface area contributed by atoms with Crippen LogP contribution in [0.5, 0.6) is 5.75 Å². The number of carbonyl (C=O) groups excluding carboxylic acids is 2. The smallest absolute Gasteiger partial charge is 0.328 e. The number of anilines is 1. The second kappa shape index (κ2) is 8.19. The molecule has 3 amide bonds. The quantitative estimate of drug-likeness (QED) is 0.826. The Balaban J connectivity index is 2.01. The van der Waals surface area contributed by atoms with Crippen molar-refractivity contribution in [2.45, 2.75) is 6.42 Å². The van der Waals surface area contributed by atoms with Crippen LogP contribution in [0, 0.1) is 0 Å². The number of hydrogen-bond donors (Lipinski definition) is 1. The van der Waals surface area contributed by atoms with Gasteiger partial charge >= 0.3 is 6.03 Å². The summed E-state index contributed by atoms with van der Waals surface area (Å²) in [5, 5.41) is 2.72. The lowest BCUT2D eigenvalue weighted by Crippen LogP contribution is -2.37. The van der Waals surface area contributed by atoms with E-state index in [-0.39, 0.29) is 0 Å². The molecule has 0 radical (unpaired) electrons. The monoisotopic (exact) mass is 332 g/mol. The second-order valence-electron chi connectivity index (χ2n) is 4.73. The minimum absolute atomic E-state index is 0.339. The average Bonchev–Trinajstić information content (AvgIpc) is 2.58. The number of nitrogens with zero attached hydrogens (tertiary/aromatic N) is 1. The van der Waals surface area contributed by atoms with E-state index in [4.69, 9.17) is 16.3 Å². The van der Waals surface area contributed by atoms with Crippen LogP contribution >= 0.6 is 11.6 Å². The zero-order chi connectivity index (χ0) is 16.7. The van der Waals surface area contributed by atoms with E-state index in [0.717, 1.165) is 11.3 Å². The first-order valence-electron chi connectivity index (χ1n) is 7.08. The summed E-state index contributed by atoms with van der Waals surface area (Å²) >= 11 is 6.16. The van der Waals surface area contributed by atoms with Gasteiger partial charge in [-0.1, -0.05) is 41.9 Å². The standard InChI is InChI=1S/C17H17ClN2O3/c1-19-17(22)20(12-21)14-7-8-16(15(18)11-14)23-10-9-13-5-3-2-4-6-13/h2-8,11-12H,9-10H2,1H3,(H,19,22). The first kappa shape index (κ1) is 16.8. The van der Waals surface area contributed by atoms with Crippen LogP contribution in [0.3, 0.4) is 0 Å². The molecule has 0 saturated heterocycles. The van der Waals surface area contributed by atoms with E-state index in [9.17, 15) is 9.59 Å². The van der Waals surface area contributed by atoms with Gasteiger partial charge in [0.1, 0.15) is 5.75 Å². The number of halogens is 1. The molecule has 5 nitrogen and oxygen atoms in total. The van der Waals surface area contributed by atoms with Gasteiger partial charge < -0.3 is 10.1 Å². The van der Waals surface area contributed by atoms with Crippen molar-refractivity contribution >= 4 is 29.7 Å². The maximum atomic E-state index is 11.6. The number of benzene rings is 2. The topological polar surface area (TPSA) is 58.6 Å². The van der Waals surface area contributed by atoms with Crippen LogP contribution in [0.25, 0.3) is 0 Å². The summed E-state index contributed by atoms with van der Waals surface area (Å²) in [6.07, 6.45) is 1.19. The number of ether oxygens (including phenoxy) is 1. The molecule has 0 aliphatic carbocycles. The van der Waals surface area contributed by atoms with Gasteiger partial charge in [-0.15, -0.1) is 0 Å². The van der Waals surface area contributed by atoms with Crippen molar-refractivity contribution in [3.05, 3.63) is 59.1 Å². The van der Waals surface area contributed by atoms with Crippen LogP contribution in [0.1, 0.15) is 5.56 Å². The summed E-state index contributed by atoms with van der Waals surface area (Å²) in [5.41, 5.74) is 1.55. The third-order valence-corrected chi connectivity index (χ3v) is 3.52. The number of amides is 3. The van der Waals surface area contributed by atoms with Gasteiger partial charge in [0.25, 0.3) is 0 Å². The van der Waals surface area contributed by atoms with Crippen LogP contribution in [0.2, 0.25) is 5.02 Å². The molecule has 0 heterocycles. The predicted molar refractivity (Wildman–Crippen MR) is 90.1 cm³/mol. The summed E-state index contributed by atoms with van der Waals surface area (Å²) in [6.45, 7) is 0.482. The molecule has 2 rings (SSSR count). The summed E-state index contributed by atoms with van der Waals surface area (Å²) in [5.74, 6) is 0.508. The molecular weight excluding hydrogens is 316 g/mol. The van der Waals surface area contributed by atoms with Gasteiger partial charge in [-0.2, -0.15) is 0 Å². The molecule has 0 spiro atoms. The highest BCUT2D eigenvalue weighted by atomic mass is 35.5. The maximum Gasteiger partial charge on any atom is 0.328 e. The van der Waals surface area contributed by atoms with Gasteiger partial charge in [-0.3, -0.25) is 4.79 Å². The molecule has 2 aromatic carbocycles. The fourth-order valence-corrected chi connectivity index (χ4v) is 2.26. The third kappa shape index (κ3) is 4.47. The molecule has 23 heavy (non-hydrogen) atoms. The highest BCUT2D eigenvalue weighted by Crippen LogP contribution is 2.29. The Morgan fingerprint density at radius 2 is 2.00 bits per heavy atom. The summed E-state index contributed by atoms with van der Waals surface area (Å²) in [7, 11) is 1.45. The number of imide groups is 1. The Labute approximate surface area is 139 Å². The van der Waals surface area contributed by atoms with Crippen LogP contribution in [-0.4, -0.2) is 26.1 Å². The average molecular weight is 333 g/mol. The van der Waals surface area contributed by atoms with Gasteiger partial charge in [-0.25, -0.2) is 9.69 Å². The molecule has 0 unspecified atom stereocenters. The maximum absolute atomic E-state index is 11.6. The van der Waals surface area contributed by atoms with Crippen molar-refractivity contribution < 1.29 is 14.3 Å². The van der Waals surface area contributed by atoms with Gasteiger partial charge in [0.05, 0.1) is 17.3 Å². The lowest BCUT2D eigenvalue weighted by Gasteiger charge is -2.16. The van der Waals surface area contributed by atoms with Crippen molar-refractivity contribution in [2.24, 2.45) is 0 Å². The highest BCUT2D eigenvalue weighted by Gasteiger charge is 2.15. The van der Waals surface area contributed by atoms with Crippen LogP contribution in [0.15, 0.2) is 48.5 Å². The van der Waals surface area contributed by atoms with Crippen molar-refractivity contribution in [3.63, 3.8) is 0 Å². The summed E-state index contributed by atoms with van der Waals surface area (Å²) in [6, 6.07) is 14.2. The molecule has 120 valence electrons. The lowest BCUT2D eigenvalue weighted by atomic mass is 10.2. The molecule has 0 atom stereocenters. The summed E-state index contributed by atoms with van der Waals surface area (Å²) in [4.78, 5) is 23.5. The van der Waals surface area contributed by atoms with Gasteiger partial charge in [0.15, 0.2) is 0 Å². The van der Waals surface area contributed by atoms with E-state index in [1.165, 1.54) is 18.7 Å². The highest BCUT2D eigenvalue weighted by molar-refractivity contribution is 6.32. The fourth-order valence-electron chi connectivity index (χ4n) is 2.03. The molecule has 6 heteroatoms. The summed E-state index contributed by atoms with van der Waals surface area (Å²) < 4.78 is 5.66. The Kier molecular flexibility index (Phi) is 6.00. The fraction of sp³-hybridized carbons (Fsp3) is 0.176. The van der Waals surface area contributed by atoms with Crippen LogP contribution in [-0.2, 0) is 11.2 Å². The molecule has 2 aromatic rings. The molecule has 0 saturated carbocycles. The zero-order valence-corrected chi connectivity index (χ0v) is 13.4. The third-order valence-electron chi connectivity index (χ3n) is 3.22. The number of rotatable bonds is 6. The van der Waals surface area contributed by atoms with Crippen LogP contribution in [0.4, 0.5) is 10.5 Å². The number of carbonyl (C=O) groups is 2. The zero-order valence-electron chi connectivity index (χ0n) is 12.7. The molecule has 0 aliphatic rings. The van der Waals surface area contributed by atoms with E-state index in [1.807, 2.05) is 30.3 Å². The molecular formula is C17H17ClN2O3. The van der Waals surface area contributed by atoms with E-state index in [2.05, 4.69) is 5.32 Å². The lowest BCUT2D eigenvalue weighted by molar-refractivity contribution is -0.106. The Hall–Kier alpha value is -2.53. The number of nitrogens with one attached hydrogen (secondary N) is 1. The SMILES string of the molecule is CNC(=O)N(C=O)c1ccc(OCCc2ccccc2)c(Cl)c1. The Bertz CT molecular complexity index is 677. The molecule has 0 aromatic heterocycles. The largest absolute Gasteiger partial charge is 0.492 e. The second-order valence-corrected chi connectivity index (χ2v) is 5.14. The normalized spacial score (nSPS) is 10.0. The molecule has 0 aliphatic heterocycles. The van der Waals surface area contributed by atoms with E-state index < -0.39 is 6.03 Å². The van der Waals surface area contributed by atoms with Gasteiger partial charge in [0.2, 0.25) is 6.41 Å². The van der Waals surface area contributed by atoms with Crippen molar-refractivity contribution in [3.8, 4) is 5.75 Å². The van der Waals surface area contributed by atoms with Crippen molar-refractivity contribution in [1.29, 1.82) is 0 Å². The van der Waals surface area contributed by atoms with E-state index >= 15 is 0 Å². The minimum atomic E-state index is -0.534. The molecule has 0 bridgehead atoms. The van der Waals surface area contributed by atoms with E-state index in [0.29, 0.717) is 29.5 Å². The molecule has 0 fully saturated rings. The predicted octanol–water partition coefficient (Wildman–Crippen LogP) is 3.26.